The van der Waals surface area contributed by atoms with Gasteiger partial charge in [0.2, 0.25) is 0 Å². The van der Waals surface area contributed by atoms with Crippen LogP contribution in [0.3, 0.4) is 0 Å². The minimum Gasteiger partial charge on any atom is -0.323 e. The van der Waals surface area contributed by atoms with Gasteiger partial charge in [-0.3, -0.25) is 10.00 Å². The number of likely N-dealkylation sites (N-methyl/N-ethyl adjacent to an activating group) is 1. The second-order valence-corrected chi connectivity index (χ2v) is 8.84. The van der Waals surface area contributed by atoms with Gasteiger partial charge in [-0.05, 0) is 32.5 Å². The first-order valence-corrected chi connectivity index (χ1v) is 11.3. The Kier molecular flexibility index (Phi) is 5.82. The van der Waals surface area contributed by atoms with Gasteiger partial charge in [0, 0.05) is 62.5 Å². The fourth-order valence-corrected chi connectivity index (χ4v) is 4.29. The van der Waals surface area contributed by atoms with E-state index < -0.39 is 0 Å². The number of piperazine rings is 1. The smallest absolute Gasteiger partial charge is 0.161 e. The summed E-state index contributed by atoms with van der Waals surface area (Å²) in [6.07, 6.45) is 0.438. The number of benzene rings is 1. The van der Waals surface area contributed by atoms with Crippen molar-refractivity contribution in [3.63, 3.8) is 0 Å². The van der Waals surface area contributed by atoms with Crippen LogP contribution in [0.1, 0.15) is 28.2 Å². The molecule has 8 nitrogen and oxygen atoms in total. The maximum Gasteiger partial charge on any atom is 0.161 e. The number of aryl methyl sites for hydroxylation is 2. The van der Waals surface area contributed by atoms with Crippen LogP contribution in [0.4, 0.5) is 16.0 Å². The van der Waals surface area contributed by atoms with Gasteiger partial charge in [0.05, 0.1) is 11.4 Å². The van der Waals surface area contributed by atoms with E-state index in [4.69, 9.17) is 10.1 Å². The summed E-state index contributed by atoms with van der Waals surface area (Å²) in [5, 5.41) is 15.4. The number of aromatic nitrogens is 5. The SMILES string of the molecule is Cc1cc(Nc2cc(CN3CCN(C)CC3)n3nc(C)c(Cc4ccccc4F)c3n2)n[nH]1. The fraction of sp³-hybridized carbons (Fsp3) is 0.375. The van der Waals surface area contributed by atoms with E-state index in [-0.39, 0.29) is 5.82 Å². The zero-order valence-electron chi connectivity index (χ0n) is 19.3. The highest BCUT2D eigenvalue weighted by atomic mass is 19.1. The topological polar surface area (TPSA) is 77.4 Å². The molecule has 0 bridgehead atoms. The number of nitrogens with one attached hydrogen (secondary N) is 2. The van der Waals surface area contributed by atoms with Crippen LogP contribution in [0.2, 0.25) is 0 Å². The number of H-pyrrole nitrogens is 1. The first kappa shape index (κ1) is 21.5. The van der Waals surface area contributed by atoms with E-state index in [9.17, 15) is 4.39 Å². The Bertz CT molecular complexity index is 1270. The normalized spacial score (nSPS) is 15.4. The minimum atomic E-state index is -0.213. The third-order valence-corrected chi connectivity index (χ3v) is 6.23. The van der Waals surface area contributed by atoms with Gasteiger partial charge < -0.3 is 10.2 Å². The Morgan fingerprint density at radius 2 is 1.85 bits per heavy atom. The Morgan fingerprint density at radius 1 is 1.06 bits per heavy atom. The molecule has 0 amide bonds. The van der Waals surface area contributed by atoms with Crippen LogP contribution in [-0.2, 0) is 13.0 Å². The van der Waals surface area contributed by atoms with E-state index in [1.54, 1.807) is 6.07 Å². The largest absolute Gasteiger partial charge is 0.323 e. The molecular weight excluding hydrogens is 419 g/mol. The van der Waals surface area contributed by atoms with E-state index in [0.717, 1.165) is 61.0 Å². The number of rotatable bonds is 6. The fourth-order valence-electron chi connectivity index (χ4n) is 4.29. The lowest BCUT2D eigenvalue weighted by atomic mass is 10.0. The molecule has 0 atom stereocenters. The number of nitrogens with zero attached hydrogens (tertiary/aromatic N) is 6. The van der Waals surface area contributed by atoms with Gasteiger partial charge in [-0.2, -0.15) is 10.2 Å². The lowest BCUT2D eigenvalue weighted by Crippen LogP contribution is -2.44. The van der Waals surface area contributed by atoms with Gasteiger partial charge in [-0.1, -0.05) is 18.2 Å². The van der Waals surface area contributed by atoms with Crippen molar-refractivity contribution in [2.45, 2.75) is 26.8 Å². The summed E-state index contributed by atoms with van der Waals surface area (Å²) in [5.74, 6) is 1.20. The maximum atomic E-state index is 14.4. The Balaban J connectivity index is 1.55. The van der Waals surface area contributed by atoms with Crippen LogP contribution in [0, 0.1) is 19.7 Å². The van der Waals surface area contributed by atoms with E-state index in [1.165, 1.54) is 6.07 Å². The average Bonchev–Trinajstić information content (AvgIpc) is 3.34. The molecular formula is C24H29FN8. The molecule has 3 aromatic heterocycles. The Labute approximate surface area is 192 Å². The molecule has 9 heteroatoms. The van der Waals surface area contributed by atoms with Crippen molar-refractivity contribution in [1.82, 2.24) is 34.6 Å². The first-order valence-electron chi connectivity index (χ1n) is 11.3. The van der Waals surface area contributed by atoms with E-state index >= 15 is 0 Å². The van der Waals surface area contributed by atoms with Crippen molar-refractivity contribution in [2.75, 3.05) is 38.5 Å². The molecule has 0 unspecified atom stereocenters. The molecule has 0 radical (unpaired) electrons. The third-order valence-electron chi connectivity index (χ3n) is 6.23. The van der Waals surface area contributed by atoms with E-state index in [2.05, 4.69) is 32.4 Å². The molecule has 33 heavy (non-hydrogen) atoms. The van der Waals surface area contributed by atoms with Gasteiger partial charge in [0.25, 0.3) is 0 Å². The Hall–Kier alpha value is -3.30. The second-order valence-electron chi connectivity index (χ2n) is 8.84. The van der Waals surface area contributed by atoms with E-state index in [0.29, 0.717) is 23.6 Å². The summed E-state index contributed by atoms with van der Waals surface area (Å²) < 4.78 is 16.3. The molecule has 172 valence electrons. The van der Waals surface area contributed by atoms with Crippen LogP contribution in [0.15, 0.2) is 36.4 Å². The van der Waals surface area contributed by atoms with Gasteiger partial charge >= 0.3 is 0 Å². The molecule has 1 aromatic carbocycles. The molecule has 4 heterocycles. The minimum absolute atomic E-state index is 0.213. The predicted molar refractivity (Wildman–Crippen MR) is 126 cm³/mol. The molecule has 2 N–H and O–H groups in total. The maximum absolute atomic E-state index is 14.4. The standard InChI is InChI=1S/C24H29FN8/c1-16-12-23(29-28-16)26-22-14-19(15-32-10-8-31(3)9-11-32)33-24(27-22)20(17(2)30-33)13-18-6-4-5-7-21(18)25/h4-7,12,14H,8-11,13,15H2,1-3H3,(H2,26,27,28,29). The van der Waals surface area contributed by atoms with Gasteiger partial charge in [0.15, 0.2) is 11.5 Å². The third kappa shape index (κ3) is 4.60. The number of fused-ring (bicyclic) bond motifs is 1. The molecule has 1 fully saturated rings. The van der Waals surface area contributed by atoms with E-state index in [1.807, 2.05) is 42.6 Å². The highest BCUT2D eigenvalue weighted by Gasteiger charge is 2.20. The van der Waals surface area contributed by atoms with Crippen LogP contribution in [-0.4, -0.2) is 67.8 Å². The van der Waals surface area contributed by atoms with Crippen molar-refractivity contribution >= 4 is 17.3 Å². The summed E-state index contributed by atoms with van der Waals surface area (Å²) in [6, 6.07) is 10.9. The lowest BCUT2D eigenvalue weighted by Gasteiger charge is -2.32. The highest BCUT2D eigenvalue weighted by molar-refractivity contribution is 5.60. The van der Waals surface area contributed by atoms with Crippen molar-refractivity contribution in [3.8, 4) is 0 Å². The molecule has 1 aliphatic heterocycles. The molecule has 1 saturated heterocycles. The Morgan fingerprint density at radius 3 is 2.58 bits per heavy atom. The summed E-state index contributed by atoms with van der Waals surface area (Å²) in [4.78, 5) is 9.66. The zero-order chi connectivity index (χ0) is 22.9. The zero-order valence-corrected chi connectivity index (χ0v) is 19.3. The monoisotopic (exact) mass is 448 g/mol. The molecule has 1 aliphatic rings. The number of hydrogen-bond donors (Lipinski definition) is 2. The van der Waals surface area contributed by atoms with Crippen LogP contribution in [0.25, 0.3) is 5.65 Å². The molecule has 4 aromatic rings. The molecule has 5 rings (SSSR count). The van der Waals surface area contributed by atoms with Crippen LogP contribution in [0.5, 0.6) is 0 Å². The van der Waals surface area contributed by atoms with Crippen molar-refractivity contribution in [1.29, 1.82) is 0 Å². The first-order chi connectivity index (χ1) is 16.0. The quantitative estimate of drug-likeness (QED) is 0.471. The highest BCUT2D eigenvalue weighted by Crippen LogP contribution is 2.25. The summed E-state index contributed by atoms with van der Waals surface area (Å²) in [7, 11) is 2.15. The molecule has 0 spiro atoms. The van der Waals surface area contributed by atoms with Crippen molar-refractivity contribution < 1.29 is 4.39 Å². The number of halogens is 1. The summed E-state index contributed by atoms with van der Waals surface area (Å²) >= 11 is 0. The lowest BCUT2D eigenvalue weighted by molar-refractivity contribution is 0.146. The van der Waals surface area contributed by atoms with Gasteiger partial charge in [0.1, 0.15) is 11.6 Å². The average molecular weight is 449 g/mol. The molecule has 0 saturated carbocycles. The number of anilines is 2. The molecule has 0 aliphatic carbocycles. The summed E-state index contributed by atoms with van der Waals surface area (Å²) in [6.45, 7) is 8.79. The summed E-state index contributed by atoms with van der Waals surface area (Å²) in [5.41, 5.74) is 5.19. The predicted octanol–water partition coefficient (Wildman–Crippen LogP) is 3.29. The van der Waals surface area contributed by atoms with Crippen LogP contribution >= 0.6 is 0 Å². The second kappa shape index (κ2) is 8.92. The van der Waals surface area contributed by atoms with Gasteiger partial charge in [-0.25, -0.2) is 13.9 Å². The van der Waals surface area contributed by atoms with Crippen LogP contribution < -0.4 is 5.32 Å². The number of aromatic amines is 1. The van der Waals surface area contributed by atoms with Crippen molar-refractivity contribution in [3.05, 3.63) is 70.4 Å². The van der Waals surface area contributed by atoms with Crippen molar-refractivity contribution in [2.24, 2.45) is 0 Å². The van der Waals surface area contributed by atoms with Gasteiger partial charge in [-0.15, -0.1) is 0 Å². The number of hydrogen-bond acceptors (Lipinski definition) is 6.